The van der Waals surface area contributed by atoms with Crippen LogP contribution in [-0.2, 0) is 4.79 Å². The number of aliphatic hydroxyl groups excluding tert-OH is 1. The van der Waals surface area contributed by atoms with Crippen LogP contribution in [0, 0.1) is 0 Å². The fourth-order valence-corrected chi connectivity index (χ4v) is 3.40. The molecular formula is C17H30N2O2. The first-order chi connectivity index (χ1) is 10.3. The van der Waals surface area contributed by atoms with Gasteiger partial charge in [0.2, 0.25) is 5.91 Å². The second-order valence-corrected chi connectivity index (χ2v) is 6.36. The van der Waals surface area contributed by atoms with Crippen molar-refractivity contribution in [2.24, 2.45) is 0 Å². The maximum atomic E-state index is 11.8. The fourth-order valence-electron chi connectivity index (χ4n) is 3.40. The van der Waals surface area contributed by atoms with Gasteiger partial charge in [-0.25, -0.2) is 0 Å². The number of nitrogens with zero attached hydrogens (tertiary/aromatic N) is 1. The van der Waals surface area contributed by atoms with E-state index in [2.05, 4.69) is 16.3 Å². The number of hydrogen-bond donors (Lipinski definition) is 2. The Labute approximate surface area is 128 Å². The molecule has 1 unspecified atom stereocenters. The van der Waals surface area contributed by atoms with Crippen LogP contribution in [0.5, 0.6) is 0 Å². The van der Waals surface area contributed by atoms with Gasteiger partial charge in [-0.15, -0.1) is 0 Å². The van der Waals surface area contributed by atoms with E-state index in [-0.39, 0.29) is 12.5 Å². The highest BCUT2D eigenvalue weighted by Gasteiger charge is 2.22. The first-order valence-electron chi connectivity index (χ1n) is 8.59. The highest BCUT2D eigenvalue weighted by atomic mass is 16.3. The number of nitrogens with one attached hydrogen (secondary N) is 1. The summed E-state index contributed by atoms with van der Waals surface area (Å²) in [6.07, 6.45) is 12.1. The number of rotatable bonds is 8. The Morgan fingerprint density at radius 1 is 1.33 bits per heavy atom. The Balaban J connectivity index is 1.51. The van der Waals surface area contributed by atoms with Crippen LogP contribution in [0.3, 0.4) is 0 Å². The largest absolute Gasteiger partial charge is 0.395 e. The molecule has 1 atom stereocenters. The third-order valence-corrected chi connectivity index (χ3v) is 4.68. The molecule has 4 nitrogen and oxygen atoms in total. The minimum Gasteiger partial charge on any atom is -0.395 e. The predicted octanol–water partition coefficient (Wildman–Crippen LogP) is 2.23. The maximum absolute atomic E-state index is 11.8. The van der Waals surface area contributed by atoms with Crippen molar-refractivity contribution >= 4 is 5.91 Å². The Hall–Kier alpha value is -0.870. The van der Waals surface area contributed by atoms with Gasteiger partial charge in [0.25, 0.3) is 0 Å². The first-order valence-corrected chi connectivity index (χ1v) is 8.59. The summed E-state index contributed by atoms with van der Waals surface area (Å²) in [7, 11) is 0. The number of aliphatic hydroxyl groups is 1. The third-order valence-electron chi connectivity index (χ3n) is 4.68. The predicted molar refractivity (Wildman–Crippen MR) is 85.1 cm³/mol. The van der Waals surface area contributed by atoms with Crippen LogP contribution in [0.1, 0.15) is 57.8 Å². The van der Waals surface area contributed by atoms with Gasteiger partial charge >= 0.3 is 0 Å². The van der Waals surface area contributed by atoms with Crippen molar-refractivity contribution in [3.63, 3.8) is 0 Å². The zero-order valence-electron chi connectivity index (χ0n) is 13.1. The van der Waals surface area contributed by atoms with E-state index in [9.17, 15) is 9.90 Å². The molecule has 4 heteroatoms. The second-order valence-electron chi connectivity index (χ2n) is 6.36. The molecule has 0 aromatic rings. The van der Waals surface area contributed by atoms with Gasteiger partial charge in [-0.3, -0.25) is 9.69 Å². The van der Waals surface area contributed by atoms with Crippen molar-refractivity contribution < 1.29 is 9.90 Å². The zero-order chi connectivity index (χ0) is 14.9. The minimum absolute atomic E-state index is 0.178. The smallest absolute Gasteiger partial charge is 0.224 e. The fraction of sp³-hybridized carbons (Fsp3) is 0.824. The molecule has 2 aliphatic rings. The molecule has 0 saturated carbocycles. The van der Waals surface area contributed by atoms with E-state index in [4.69, 9.17) is 0 Å². The van der Waals surface area contributed by atoms with E-state index in [1.54, 1.807) is 0 Å². The topological polar surface area (TPSA) is 52.6 Å². The van der Waals surface area contributed by atoms with E-state index in [1.165, 1.54) is 24.8 Å². The van der Waals surface area contributed by atoms with E-state index in [1.807, 2.05) is 0 Å². The number of carbonyl (C=O) groups is 1. The van der Waals surface area contributed by atoms with Crippen molar-refractivity contribution in [2.45, 2.75) is 63.8 Å². The van der Waals surface area contributed by atoms with Crippen LogP contribution in [-0.4, -0.2) is 48.2 Å². The molecule has 2 N–H and O–H groups in total. The molecule has 0 bridgehead atoms. The van der Waals surface area contributed by atoms with Crippen LogP contribution < -0.4 is 5.32 Å². The number of carbonyl (C=O) groups excluding carboxylic acids is 1. The number of allylic oxidation sites excluding steroid dienone is 1. The van der Waals surface area contributed by atoms with Gasteiger partial charge in [0.15, 0.2) is 0 Å². The van der Waals surface area contributed by atoms with Gasteiger partial charge in [-0.1, -0.05) is 11.6 Å². The lowest BCUT2D eigenvalue weighted by Crippen LogP contribution is -2.33. The Bertz CT molecular complexity index is 355. The minimum atomic E-state index is 0.178. The van der Waals surface area contributed by atoms with Crippen molar-refractivity contribution in [3.8, 4) is 0 Å². The summed E-state index contributed by atoms with van der Waals surface area (Å²) in [5, 5.41) is 12.3. The lowest BCUT2D eigenvalue weighted by Gasteiger charge is -2.22. The van der Waals surface area contributed by atoms with Crippen molar-refractivity contribution in [3.05, 3.63) is 11.6 Å². The summed E-state index contributed by atoms with van der Waals surface area (Å²) in [6, 6.07) is 0.373. The summed E-state index contributed by atoms with van der Waals surface area (Å²) in [6.45, 7) is 3.23. The van der Waals surface area contributed by atoms with E-state index >= 15 is 0 Å². The third kappa shape index (κ3) is 5.79. The van der Waals surface area contributed by atoms with E-state index in [0.717, 1.165) is 51.7 Å². The zero-order valence-corrected chi connectivity index (χ0v) is 13.1. The van der Waals surface area contributed by atoms with Crippen LogP contribution >= 0.6 is 0 Å². The molecule has 0 spiro atoms. The van der Waals surface area contributed by atoms with Crippen LogP contribution in [0.4, 0.5) is 0 Å². The summed E-state index contributed by atoms with van der Waals surface area (Å²) >= 11 is 0. The molecule has 1 aliphatic carbocycles. The Morgan fingerprint density at radius 2 is 2.24 bits per heavy atom. The summed E-state index contributed by atoms with van der Waals surface area (Å²) < 4.78 is 0. The van der Waals surface area contributed by atoms with Crippen LogP contribution in [0.25, 0.3) is 0 Å². The normalized spacial score (nSPS) is 23.1. The van der Waals surface area contributed by atoms with Crippen molar-refractivity contribution in [1.82, 2.24) is 10.2 Å². The lowest BCUT2D eigenvalue weighted by atomic mass is 9.97. The average Bonchev–Trinajstić information content (AvgIpc) is 2.95. The molecule has 0 aromatic carbocycles. The Morgan fingerprint density at radius 3 is 3.00 bits per heavy atom. The molecule has 120 valence electrons. The van der Waals surface area contributed by atoms with Crippen molar-refractivity contribution in [1.29, 1.82) is 0 Å². The lowest BCUT2D eigenvalue weighted by molar-refractivity contribution is -0.120. The summed E-state index contributed by atoms with van der Waals surface area (Å²) in [5.74, 6) is 0.178. The molecule has 21 heavy (non-hydrogen) atoms. The molecule has 1 aliphatic heterocycles. The average molecular weight is 294 g/mol. The van der Waals surface area contributed by atoms with Crippen LogP contribution in [0.15, 0.2) is 11.6 Å². The molecular weight excluding hydrogens is 264 g/mol. The van der Waals surface area contributed by atoms with Gasteiger partial charge < -0.3 is 10.4 Å². The molecule has 1 heterocycles. The maximum Gasteiger partial charge on any atom is 0.224 e. The Kier molecular flexibility index (Phi) is 7.24. The van der Waals surface area contributed by atoms with Gasteiger partial charge in [0, 0.05) is 19.0 Å². The van der Waals surface area contributed by atoms with E-state index < -0.39 is 0 Å². The number of unbranched alkanes of at least 4 members (excludes halogenated alkanes) is 1. The quantitative estimate of drug-likeness (QED) is 0.533. The molecule has 1 saturated heterocycles. The van der Waals surface area contributed by atoms with Gasteiger partial charge in [-0.05, 0) is 64.5 Å². The van der Waals surface area contributed by atoms with Gasteiger partial charge in [0.05, 0.1) is 6.61 Å². The highest BCUT2D eigenvalue weighted by molar-refractivity contribution is 5.78. The van der Waals surface area contributed by atoms with Gasteiger partial charge in [-0.2, -0.15) is 0 Å². The SMILES string of the molecule is O=C(CC1=CCCCC1)NCCCCN1CCCC1CO. The molecule has 1 fully saturated rings. The number of hydrogen-bond acceptors (Lipinski definition) is 3. The number of amides is 1. The highest BCUT2D eigenvalue weighted by Crippen LogP contribution is 2.20. The van der Waals surface area contributed by atoms with Gasteiger partial charge in [0.1, 0.15) is 0 Å². The summed E-state index contributed by atoms with van der Waals surface area (Å²) in [4.78, 5) is 14.2. The van der Waals surface area contributed by atoms with E-state index in [0.29, 0.717) is 12.5 Å². The van der Waals surface area contributed by atoms with Crippen LogP contribution in [0.2, 0.25) is 0 Å². The first kappa shape index (κ1) is 16.5. The van der Waals surface area contributed by atoms with Crippen molar-refractivity contribution in [2.75, 3.05) is 26.2 Å². The molecule has 0 radical (unpaired) electrons. The summed E-state index contributed by atoms with van der Waals surface area (Å²) in [5.41, 5.74) is 1.32. The number of likely N-dealkylation sites (tertiary alicyclic amines) is 1. The standard InChI is InChI=1S/C17H30N2O2/c20-14-16-9-6-12-19(16)11-5-4-10-18-17(21)13-15-7-2-1-3-8-15/h7,16,20H,1-6,8-14H2,(H,18,21). The molecule has 0 aromatic heterocycles. The second kappa shape index (κ2) is 9.21. The molecule has 2 rings (SSSR count). The molecule has 1 amide bonds. The monoisotopic (exact) mass is 294 g/mol.